The number of carbonyl (C=O) groups excluding carboxylic acids is 2. The second-order valence-corrected chi connectivity index (χ2v) is 6.75. The molecule has 2 atom stereocenters. The molecule has 2 fully saturated rings. The highest BCUT2D eigenvalue weighted by Crippen LogP contribution is 2.25. The number of methoxy groups -OCH3 is 1. The van der Waals surface area contributed by atoms with Crippen LogP contribution in [0.5, 0.6) is 0 Å². The van der Waals surface area contributed by atoms with Crippen LogP contribution < -0.4 is 5.32 Å². The molecule has 0 aliphatic carbocycles. The van der Waals surface area contributed by atoms with Gasteiger partial charge in [-0.05, 0) is 38.1 Å². The van der Waals surface area contributed by atoms with Crippen molar-refractivity contribution in [3.05, 3.63) is 24.2 Å². The molecule has 1 aromatic heterocycles. The first-order valence-corrected chi connectivity index (χ1v) is 9.01. The fraction of sp³-hybridized carbons (Fsp3) is 0.667. The average Bonchev–Trinajstić information content (AvgIpc) is 3.35. The van der Waals surface area contributed by atoms with Gasteiger partial charge in [0, 0.05) is 33.2 Å². The minimum atomic E-state index is -0.278. The van der Waals surface area contributed by atoms with Gasteiger partial charge in [-0.1, -0.05) is 0 Å². The van der Waals surface area contributed by atoms with Gasteiger partial charge in [0.05, 0.1) is 24.8 Å². The van der Waals surface area contributed by atoms with Gasteiger partial charge < -0.3 is 19.4 Å². The number of carbonyl (C=O) groups is 2. The monoisotopic (exact) mass is 349 g/mol. The van der Waals surface area contributed by atoms with E-state index >= 15 is 0 Å². The largest absolute Gasteiger partial charge is 0.468 e. The third-order valence-electron chi connectivity index (χ3n) is 5.07. The molecule has 3 heterocycles. The lowest BCUT2D eigenvalue weighted by molar-refractivity contribution is -0.129. The van der Waals surface area contributed by atoms with E-state index in [4.69, 9.17) is 9.15 Å². The number of hydrogen-bond acceptors (Lipinski definition) is 5. The maximum atomic E-state index is 12.5. The van der Waals surface area contributed by atoms with Crippen molar-refractivity contribution in [1.82, 2.24) is 15.1 Å². The van der Waals surface area contributed by atoms with Crippen LogP contribution in [0.15, 0.2) is 22.8 Å². The summed E-state index contributed by atoms with van der Waals surface area (Å²) in [6.45, 7) is 4.07. The molecule has 2 saturated heterocycles. The molecule has 2 aliphatic rings. The second kappa shape index (κ2) is 8.49. The fourth-order valence-corrected chi connectivity index (χ4v) is 3.65. The Labute approximate surface area is 148 Å². The van der Waals surface area contributed by atoms with E-state index in [1.54, 1.807) is 18.3 Å². The molecule has 138 valence electrons. The molecule has 3 rings (SSSR count). The van der Waals surface area contributed by atoms with Gasteiger partial charge in [0.1, 0.15) is 5.76 Å². The standard InChI is InChI=1S/C18H27N3O4/c1-24-10-8-21-13-14(11-17(21)22)18(23)19-12-15(16-5-4-9-25-16)20-6-2-3-7-20/h4-5,9,14-15H,2-3,6-8,10-13H2,1H3,(H,19,23)/t14-,15+/m0/s1. The predicted octanol–water partition coefficient (Wildman–Crippen LogP) is 1.03. The predicted molar refractivity (Wildman–Crippen MR) is 91.8 cm³/mol. The minimum absolute atomic E-state index is 0.0272. The molecule has 1 aromatic rings. The molecule has 7 nitrogen and oxygen atoms in total. The van der Waals surface area contributed by atoms with Crippen LogP contribution in [0.1, 0.15) is 31.1 Å². The summed E-state index contributed by atoms with van der Waals surface area (Å²) in [6.07, 6.45) is 4.31. The van der Waals surface area contributed by atoms with Crippen LogP contribution in [0.4, 0.5) is 0 Å². The third kappa shape index (κ3) is 4.41. The molecular formula is C18H27N3O4. The highest BCUT2D eigenvalue weighted by atomic mass is 16.5. The quantitative estimate of drug-likeness (QED) is 0.759. The topological polar surface area (TPSA) is 75.0 Å². The Hall–Kier alpha value is -1.86. The Kier molecular flexibility index (Phi) is 6.09. The van der Waals surface area contributed by atoms with Gasteiger partial charge in [-0.3, -0.25) is 14.5 Å². The molecule has 25 heavy (non-hydrogen) atoms. The molecule has 2 aliphatic heterocycles. The van der Waals surface area contributed by atoms with Crippen LogP contribution >= 0.6 is 0 Å². The van der Waals surface area contributed by atoms with Crippen LogP contribution in [0.2, 0.25) is 0 Å². The summed E-state index contributed by atoms with van der Waals surface area (Å²) in [7, 11) is 1.61. The van der Waals surface area contributed by atoms with Crippen molar-refractivity contribution >= 4 is 11.8 Å². The summed E-state index contributed by atoms with van der Waals surface area (Å²) in [5, 5.41) is 3.04. The van der Waals surface area contributed by atoms with Crippen molar-refractivity contribution in [2.75, 3.05) is 46.4 Å². The van der Waals surface area contributed by atoms with Crippen molar-refractivity contribution < 1.29 is 18.7 Å². The van der Waals surface area contributed by atoms with E-state index in [-0.39, 0.29) is 30.2 Å². The van der Waals surface area contributed by atoms with Crippen molar-refractivity contribution in [1.29, 1.82) is 0 Å². The molecule has 2 amide bonds. The van der Waals surface area contributed by atoms with E-state index in [1.807, 2.05) is 12.1 Å². The van der Waals surface area contributed by atoms with Crippen molar-refractivity contribution in [2.24, 2.45) is 5.92 Å². The molecule has 0 radical (unpaired) electrons. The molecule has 0 aromatic carbocycles. The van der Waals surface area contributed by atoms with Gasteiger partial charge in [-0.25, -0.2) is 0 Å². The second-order valence-electron chi connectivity index (χ2n) is 6.75. The third-order valence-corrected chi connectivity index (χ3v) is 5.07. The zero-order valence-corrected chi connectivity index (χ0v) is 14.8. The normalized spacial score (nSPS) is 22.5. The number of ether oxygens (including phenoxy) is 1. The number of amides is 2. The first-order chi connectivity index (χ1) is 12.2. The summed E-state index contributed by atoms with van der Waals surface area (Å²) in [5.41, 5.74) is 0. The first-order valence-electron chi connectivity index (χ1n) is 9.01. The zero-order chi connectivity index (χ0) is 17.6. The zero-order valence-electron chi connectivity index (χ0n) is 14.8. The van der Waals surface area contributed by atoms with E-state index in [0.29, 0.717) is 26.2 Å². The summed E-state index contributed by atoms with van der Waals surface area (Å²) < 4.78 is 10.6. The lowest BCUT2D eigenvalue weighted by Gasteiger charge is -2.26. The molecule has 7 heteroatoms. The van der Waals surface area contributed by atoms with Gasteiger partial charge in [-0.2, -0.15) is 0 Å². The van der Waals surface area contributed by atoms with Crippen molar-refractivity contribution in [2.45, 2.75) is 25.3 Å². The van der Waals surface area contributed by atoms with E-state index in [1.165, 1.54) is 12.8 Å². The van der Waals surface area contributed by atoms with Crippen LogP contribution in [-0.2, 0) is 14.3 Å². The van der Waals surface area contributed by atoms with Gasteiger partial charge in [0.2, 0.25) is 11.8 Å². The SMILES string of the molecule is COCCN1C[C@@H](C(=O)NC[C@H](c2ccco2)N2CCCC2)CC1=O. The van der Waals surface area contributed by atoms with E-state index in [9.17, 15) is 9.59 Å². The van der Waals surface area contributed by atoms with Crippen LogP contribution in [0.25, 0.3) is 0 Å². The molecular weight excluding hydrogens is 322 g/mol. The molecule has 0 bridgehead atoms. The summed E-state index contributed by atoms with van der Waals surface area (Å²) >= 11 is 0. The van der Waals surface area contributed by atoms with E-state index in [2.05, 4.69) is 10.2 Å². The summed E-state index contributed by atoms with van der Waals surface area (Å²) in [4.78, 5) is 28.6. The highest BCUT2D eigenvalue weighted by molar-refractivity contribution is 5.89. The van der Waals surface area contributed by atoms with Gasteiger partial charge in [0.15, 0.2) is 0 Å². The van der Waals surface area contributed by atoms with Gasteiger partial charge in [-0.15, -0.1) is 0 Å². The number of furan rings is 1. The maximum Gasteiger partial charge on any atom is 0.225 e. The first kappa shape index (κ1) is 17.9. The summed E-state index contributed by atoms with van der Waals surface area (Å²) in [6, 6.07) is 3.90. The number of nitrogens with one attached hydrogen (secondary N) is 1. The van der Waals surface area contributed by atoms with Gasteiger partial charge >= 0.3 is 0 Å². The van der Waals surface area contributed by atoms with Gasteiger partial charge in [0.25, 0.3) is 0 Å². The maximum absolute atomic E-state index is 12.5. The molecule has 0 spiro atoms. The average molecular weight is 349 g/mol. The number of hydrogen-bond donors (Lipinski definition) is 1. The van der Waals surface area contributed by atoms with Crippen LogP contribution in [-0.4, -0.2) is 68.1 Å². The fourth-order valence-electron chi connectivity index (χ4n) is 3.65. The number of likely N-dealkylation sites (tertiary alicyclic amines) is 2. The molecule has 0 saturated carbocycles. The Morgan fingerprint density at radius 1 is 1.44 bits per heavy atom. The summed E-state index contributed by atoms with van der Waals surface area (Å²) in [5.74, 6) is 0.579. The van der Waals surface area contributed by atoms with Crippen LogP contribution in [0.3, 0.4) is 0 Å². The lowest BCUT2D eigenvalue weighted by atomic mass is 10.1. The van der Waals surface area contributed by atoms with Crippen molar-refractivity contribution in [3.63, 3.8) is 0 Å². The molecule has 0 unspecified atom stereocenters. The minimum Gasteiger partial charge on any atom is -0.468 e. The van der Waals surface area contributed by atoms with E-state index in [0.717, 1.165) is 18.8 Å². The lowest BCUT2D eigenvalue weighted by Crippen LogP contribution is -2.40. The Bertz CT molecular complexity index is 569. The Balaban J connectivity index is 1.54. The Morgan fingerprint density at radius 3 is 2.92 bits per heavy atom. The number of rotatable bonds is 8. The van der Waals surface area contributed by atoms with E-state index < -0.39 is 0 Å². The Morgan fingerprint density at radius 2 is 2.24 bits per heavy atom. The van der Waals surface area contributed by atoms with Crippen molar-refractivity contribution in [3.8, 4) is 0 Å². The molecule has 1 N–H and O–H groups in total. The highest BCUT2D eigenvalue weighted by Gasteiger charge is 2.34. The van der Waals surface area contributed by atoms with Crippen LogP contribution in [0, 0.1) is 5.92 Å². The number of nitrogens with zero attached hydrogens (tertiary/aromatic N) is 2. The smallest absolute Gasteiger partial charge is 0.225 e.